The van der Waals surface area contributed by atoms with Crippen molar-refractivity contribution in [2.75, 3.05) is 0 Å². The van der Waals surface area contributed by atoms with Crippen LogP contribution in [0.1, 0.15) is 17.3 Å². The Bertz CT molecular complexity index is 578. The fourth-order valence-electron chi connectivity index (χ4n) is 1.81. The SMILES string of the molecule is NNC(Cc1cccc(F)c1Br)c1ncccc1Br. The number of benzene rings is 1. The van der Waals surface area contributed by atoms with E-state index in [1.54, 1.807) is 12.3 Å². The van der Waals surface area contributed by atoms with Gasteiger partial charge >= 0.3 is 0 Å². The van der Waals surface area contributed by atoms with Gasteiger partial charge in [-0.15, -0.1) is 0 Å². The highest BCUT2D eigenvalue weighted by Gasteiger charge is 2.17. The second kappa shape index (κ2) is 6.56. The van der Waals surface area contributed by atoms with E-state index in [0.29, 0.717) is 10.9 Å². The van der Waals surface area contributed by atoms with Crippen LogP contribution < -0.4 is 11.3 Å². The largest absolute Gasteiger partial charge is 0.271 e. The van der Waals surface area contributed by atoms with Crippen LogP contribution in [0.2, 0.25) is 0 Å². The first-order chi connectivity index (χ1) is 9.13. The van der Waals surface area contributed by atoms with E-state index in [2.05, 4.69) is 42.3 Å². The van der Waals surface area contributed by atoms with E-state index in [-0.39, 0.29) is 11.9 Å². The van der Waals surface area contributed by atoms with E-state index in [0.717, 1.165) is 15.7 Å². The third-order valence-corrected chi connectivity index (χ3v) is 4.33. The zero-order valence-corrected chi connectivity index (χ0v) is 13.1. The smallest absolute Gasteiger partial charge is 0.137 e. The Kier molecular flexibility index (Phi) is 5.04. The van der Waals surface area contributed by atoms with Gasteiger partial charge in [-0.2, -0.15) is 0 Å². The van der Waals surface area contributed by atoms with Crippen molar-refractivity contribution in [3.8, 4) is 0 Å². The minimum Gasteiger partial charge on any atom is -0.271 e. The highest BCUT2D eigenvalue weighted by molar-refractivity contribution is 9.10. The normalized spacial score (nSPS) is 12.4. The molecule has 0 aliphatic rings. The van der Waals surface area contributed by atoms with E-state index >= 15 is 0 Å². The molecule has 1 unspecified atom stereocenters. The lowest BCUT2D eigenvalue weighted by molar-refractivity contribution is 0.532. The Balaban J connectivity index is 2.30. The van der Waals surface area contributed by atoms with Gasteiger partial charge in [-0.1, -0.05) is 12.1 Å². The minimum absolute atomic E-state index is 0.200. The number of aromatic nitrogens is 1. The number of halogens is 3. The summed E-state index contributed by atoms with van der Waals surface area (Å²) in [7, 11) is 0. The van der Waals surface area contributed by atoms with Crippen LogP contribution in [0.3, 0.4) is 0 Å². The number of nitrogens with two attached hydrogens (primary N) is 1. The van der Waals surface area contributed by atoms with Gasteiger partial charge < -0.3 is 0 Å². The summed E-state index contributed by atoms with van der Waals surface area (Å²) in [5.41, 5.74) is 4.35. The molecule has 0 spiro atoms. The van der Waals surface area contributed by atoms with Crippen LogP contribution in [0.5, 0.6) is 0 Å². The quantitative estimate of drug-likeness (QED) is 0.622. The van der Waals surface area contributed by atoms with Gasteiger partial charge in [0.15, 0.2) is 0 Å². The van der Waals surface area contributed by atoms with Gasteiger partial charge in [0, 0.05) is 10.7 Å². The van der Waals surface area contributed by atoms with Crippen LogP contribution in [0.4, 0.5) is 4.39 Å². The summed E-state index contributed by atoms with van der Waals surface area (Å²) >= 11 is 6.69. The van der Waals surface area contributed by atoms with E-state index < -0.39 is 0 Å². The highest BCUT2D eigenvalue weighted by Crippen LogP contribution is 2.27. The lowest BCUT2D eigenvalue weighted by atomic mass is 10.0. The van der Waals surface area contributed by atoms with Gasteiger partial charge in [-0.3, -0.25) is 16.3 Å². The Morgan fingerprint density at radius 1 is 1.26 bits per heavy atom. The maximum Gasteiger partial charge on any atom is 0.137 e. The van der Waals surface area contributed by atoms with Gasteiger partial charge in [0.25, 0.3) is 0 Å². The fourth-order valence-corrected chi connectivity index (χ4v) is 2.77. The summed E-state index contributed by atoms with van der Waals surface area (Å²) in [6.45, 7) is 0. The maximum absolute atomic E-state index is 13.5. The monoisotopic (exact) mass is 387 g/mol. The average Bonchev–Trinajstić information content (AvgIpc) is 2.41. The van der Waals surface area contributed by atoms with E-state index in [4.69, 9.17) is 5.84 Å². The molecule has 19 heavy (non-hydrogen) atoms. The molecule has 100 valence electrons. The third kappa shape index (κ3) is 3.39. The van der Waals surface area contributed by atoms with Crippen molar-refractivity contribution in [3.05, 3.63) is 62.5 Å². The predicted molar refractivity (Wildman–Crippen MR) is 79.8 cm³/mol. The molecule has 0 fully saturated rings. The van der Waals surface area contributed by atoms with Gasteiger partial charge in [0.05, 0.1) is 16.2 Å². The molecule has 1 aromatic carbocycles. The van der Waals surface area contributed by atoms with Gasteiger partial charge in [-0.05, 0) is 62.0 Å². The van der Waals surface area contributed by atoms with Crippen LogP contribution in [-0.4, -0.2) is 4.98 Å². The second-order valence-electron chi connectivity index (χ2n) is 4.01. The topological polar surface area (TPSA) is 50.9 Å². The van der Waals surface area contributed by atoms with Crippen molar-refractivity contribution in [2.24, 2.45) is 5.84 Å². The molecule has 3 N–H and O–H groups in total. The van der Waals surface area contributed by atoms with Crippen molar-refractivity contribution >= 4 is 31.9 Å². The Morgan fingerprint density at radius 2 is 2.05 bits per heavy atom. The molecule has 1 atom stereocenters. The summed E-state index contributed by atoms with van der Waals surface area (Å²) in [4.78, 5) is 4.30. The predicted octanol–water partition coefficient (Wildman–Crippen LogP) is 3.49. The Hall–Kier alpha value is -0.820. The molecule has 0 saturated carbocycles. The van der Waals surface area contributed by atoms with Crippen molar-refractivity contribution in [1.29, 1.82) is 0 Å². The molecule has 6 heteroatoms. The Morgan fingerprint density at radius 3 is 2.74 bits per heavy atom. The summed E-state index contributed by atoms with van der Waals surface area (Å²) in [6.07, 6.45) is 2.23. The van der Waals surface area contributed by atoms with E-state index in [9.17, 15) is 4.39 Å². The highest BCUT2D eigenvalue weighted by atomic mass is 79.9. The van der Waals surface area contributed by atoms with Crippen molar-refractivity contribution in [1.82, 2.24) is 10.4 Å². The fraction of sp³-hybridized carbons (Fsp3) is 0.154. The summed E-state index contributed by atoms with van der Waals surface area (Å²) in [6, 6.07) is 8.47. The summed E-state index contributed by atoms with van der Waals surface area (Å²) in [5.74, 6) is 5.31. The van der Waals surface area contributed by atoms with Crippen LogP contribution in [0, 0.1) is 5.82 Å². The van der Waals surface area contributed by atoms with E-state index in [1.807, 2.05) is 18.2 Å². The molecule has 0 bridgehead atoms. The molecule has 0 aliphatic heterocycles. The standard InChI is InChI=1S/C13H12Br2FN3/c14-9-4-2-6-18-13(9)11(19-17)7-8-3-1-5-10(16)12(8)15/h1-6,11,19H,7,17H2. The number of hydrogen-bond acceptors (Lipinski definition) is 3. The van der Waals surface area contributed by atoms with Crippen LogP contribution in [-0.2, 0) is 6.42 Å². The lowest BCUT2D eigenvalue weighted by Crippen LogP contribution is -2.30. The number of hydrogen-bond donors (Lipinski definition) is 2. The molecule has 0 saturated heterocycles. The first-order valence-corrected chi connectivity index (χ1v) is 7.21. The summed E-state index contributed by atoms with van der Waals surface area (Å²) < 4.78 is 14.8. The number of pyridine rings is 1. The molecule has 0 amide bonds. The molecular formula is C13H12Br2FN3. The van der Waals surface area contributed by atoms with Gasteiger partial charge in [0.2, 0.25) is 0 Å². The summed E-state index contributed by atoms with van der Waals surface area (Å²) in [5, 5.41) is 0. The molecule has 0 radical (unpaired) electrons. The van der Waals surface area contributed by atoms with Crippen LogP contribution in [0.15, 0.2) is 45.5 Å². The third-order valence-electron chi connectivity index (χ3n) is 2.77. The minimum atomic E-state index is -0.284. The first-order valence-electron chi connectivity index (χ1n) is 5.63. The first kappa shape index (κ1) is 14.6. The van der Waals surface area contributed by atoms with Crippen molar-refractivity contribution < 1.29 is 4.39 Å². The Labute approximate surface area is 127 Å². The number of nitrogens with zero attached hydrogens (tertiary/aromatic N) is 1. The van der Waals surface area contributed by atoms with Crippen molar-refractivity contribution in [3.63, 3.8) is 0 Å². The molecule has 2 rings (SSSR count). The molecule has 1 heterocycles. The molecule has 2 aromatic rings. The lowest BCUT2D eigenvalue weighted by Gasteiger charge is -2.17. The average molecular weight is 389 g/mol. The second-order valence-corrected chi connectivity index (χ2v) is 5.65. The zero-order valence-electron chi connectivity index (χ0n) is 9.91. The van der Waals surface area contributed by atoms with Gasteiger partial charge in [0.1, 0.15) is 5.82 Å². The zero-order chi connectivity index (χ0) is 13.8. The molecule has 3 nitrogen and oxygen atoms in total. The van der Waals surface area contributed by atoms with Crippen LogP contribution >= 0.6 is 31.9 Å². The van der Waals surface area contributed by atoms with Gasteiger partial charge in [-0.25, -0.2) is 4.39 Å². The molecular weight excluding hydrogens is 377 g/mol. The van der Waals surface area contributed by atoms with E-state index in [1.165, 1.54) is 6.07 Å². The number of nitrogens with one attached hydrogen (secondary N) is 1. The molecule has 1 aromatic heterocycles. The van der Waals surface area contributed by atoms with Crippen molar-refractivity contribution in [2.45, 2.75) is 12.5 Å². The maximum atomic E-state index is 13.5. The number of rotatable bonds is 4. The number of hydrazine groups is 1. The molecule has 0 aliphatic carbocycles. The van der Waals surface area contributed by atoms with Crippen LogP contribution in [0.25, 0.3) is 0 Å².